The Kier molecular flexibility index (Phi) is 6.63. The summed E-state index contributed by atoms with van der Waals surface area (Å²) >= 11 is 0. The highest BCUT2D eigenvalue weighted by Crippen LogP contribution is 2.14. The van der Waals surface area contributed by atoms with Crippen molar-refractivity contribution in [1.82, 2.24) is 0 Å². The molecule has 1 atom stereocenters. The van der Waals surface area contributed by atoms with E-state index < -0.39 is 6.04 Å². The number of carbonyl (C=O) groups excluding carboxylic acids is 1. The van der Waals surface area contributed by atoms with Crippen LogP contribution in [0.2, 0.25) is 0 Å². The van der Waals surface area contributed by atoms with Crippen molar-refractivity contribution in [2.24, 2.45) is 5.73 Å². The standard InChI is InChI=1S/C15H16N2O.CH2O2/c1-11-7-9-13(10-8-11)17-15(18)14(16)12-5-3-2-4-6-12;2-1-3/h2-10,14H,16H2,1H3,(H,17,18);1H,(H,2,3)/t14-;/m1./s1. The number of nitrogens with one attached hydrogen (secondary N) is 1. The van der Waals surface area contributed by atoms with E-state index in [9.17, 15) is 4.79 Å². The molecule has 0 bridgehead atoms. The molecule has 0 unspecified atom stereocenters. The SMILES string of the molecule is Cc1ccc(NC(=O)[C@H](N)c2ccccc2)cc1.O=CO. The number of amides is 1. The normalized spacial score (nSPS) is 10.8. The van der Waals surface area contributed by atoms with Crippen LogP contribution in [0, 0.1) is 6.92 Å². The van der Waals surface area contributed by atoms with Crippen LogP contribution in [0.1, 0.15) is 17.2 Å². The van der Waals surface area contributed by atoms with Crippen LogP contribution in [-0.4, -0.2) is 17.5 Å². The van der Waals surface area contributed by atoms with Crippen LogP contribution in [0.5, 0.6) is 0 Å². The highest BCUT2D eigenvalue weighted by molar-refractivity contribution is 5.95. The Balaban J connectivity index is 0.000000677. The molecular formula is C16H18N2O3. The molecule has 4 N–H and O–H groups in total. The van der Waals surface area contributed by atoms with Crippen LogP contribution in [-0.2, 0) is 9.59 Å². The molecule has 0 aliphatic heterocycles. The molecule has 2 rings (SSSR count). The van der Waals surface area contributed by atoms with Gasteiger partial charge >= 0.3 is 0 Å². The van der Waals surface area contributed by atoms with Crippen molar-refractivity contribution in [2.75, 3.05) is 5.32 Å². The first kappa shape index (κ1) is 16.4. The molecule has 2 aromatic carbocycles. The van der Waals surface area contributed by atoms with Crippen molar-refractivity contribution in [3.05, 3.63) is 65.7 Å². The van der Waals surface area contributed by atoms with Gasteiger partial charge in [-0.05, 0) is 24.6 Å². The quantitative estimate of drug-likeness (QED) is 0.755. The third kappa shape index (κ3) is 5.46. The molecule has 0 aromatic heterocycles. The lowest BCUT2D eigenvalue weighted by molar-refractivity contribution is -0.123. The molecule has 5 nitrogen and oxygen atoms in total. The number of carbonyl (C=O) groups is 2. The lowest BCUT2D eigenvalue weighted by Gasteiger charge is -2.12. The fourth-order valence-corrected chi connectivity index (χ4v) is 1.67. The Hall–Kier alpha value is -2.66. The zero-order chi connectivity index (χ0) is 15.7. The number of hydrogen-bond donors (Lipinski definition) is 3. The smallest absolute Gasteiger partial charge is 0.290 e. The molecule has 0 fully saturated rings. The van der Waals surface area contributed by atoms with Gasteiger partial charge in [0.1, 0.15) is 6.04 Å². The molecule has 1 amide bonds. The van der Waals surface area contributed by atoms with E-state index in [4.69, 9.17) is 15.6 Å². The average Bonchev–Trinajstić information content (AvgIpc) is 2.50. The Labute approximate surface area is 123 Å². The number of benzene rings is 2. The first-order valence-corrected chi connectivity index (χ1v) is 6.34. The van der Waals surface area contributed by atoms with Crippen molar-refractivity contribution >= 4 is 18.1 Å². The summed E-state index contributed by atoms with van der Waals surface area (Å²) in [5.41, 5.74) is 8.63. The van der Waals surface area contributed by atoms with Gasteiger partial charge in [-0.25, -0.2) is 0 Å². The summed E-state index contributed by atoms with van der Waals surface area (Å²) < 4.78 is 0. The predicted octanol–water partition coefficient (Wildman–Crippen LogP) is 2.33. The molecule has 0 aliphatic carbocycles. The van der Waals surface area contributed by atoms with E-state index in [0.29, 0.717) is 0 Å². The largest absolute Gasteiger partial charge is 0.483 e. The van der Waals surface area contributed by atoms with E-state index in [2.05, 4.69) is 5.32 Å². The van der Waals surface area contributed by atoms with Crippen LogP contribution >= 0.6 is 0 Å². The van der Waals surface area contributed by atoms with E-state index in [1.807, 2.05) is 61.5 Å². The molecule has 5 heteroatoms. The first-order valence-electron chi connectivity index (χ1n) is 6.34. The molecule has 0 spiro atoms. The molecule has 0 aliphatic rings. The second-order valence-corrected chi connectivity index (χ2v) is 4.35. The van der Waals surface area contributed by atoms with E-state index in [1.54, 1.807) is 0 Å². The zero-order valence-electron chi connectivity index (χ0n) is 11.7. The molecule has 2 aromatic rings. The topological polar surface area (TPSA) is 92.4 Å². The van der Waals surface area contributed by atoms with Gasteiger partial charge in [-0.3, -0.25) is 9.59 Å². The van der Waals surface area contributed by atoms with Gasteiger partial charge in [0.2, 0.25) is 5.91 Å². The summed E-state index contributed by atoms with van der Waals surface area (Å²) in [6.45, 7) is 1.75. The lowest BCUT2D eigenvalue weighted by atomic mass is 10.1. The molecule has 0 saturated carbocycles. The van der Waals surface area contributed by atoms with Crippen molar-refractivity contribution < 1.29 is 14.7 Å². The van der Waals surface area contributed by atoms with Gasteiger partial charge in [-0.15, -0.1) is 0 Å². The van der Waals surface area contributed by atoms with Crippen LogP contribution < -0.4 is 11.1 Å². The second kappa shape index (κ2) is 8.50. The number of carboxylic acid groups (broad SMARTS) is 1. The van der Waals surface area contributed by atoms with Gasteiger partial charge < -0.3 is 16.2 Å². The molecule has 0 saturated heterocycles. The minimum Gasteiger partial charge on any atom is -0.483 e. The van der Waals surface area contributed by atoms with Gasteiger partial charge in [0.25, 0.3) is 6.47 Å². The van der Waals surface area contributed by atoms with Crippen molar-refractivity contribution in [1.29, 1.82) is 0 Å². The number of nitrogens with two attached hydrogens (primary N) is 1. The maximum atomic E-state index is 12.0. The van der Waals surface area contributed by atoms with E-state index >= 15 is 0 Å². The summed E-state index contributed by atoms with van der Waals surface area (Å²) in [4.78, 5) is 20.3. The van der Waals surface area contributed by atoms with Crippen molar-refractivity contribution in [3.63, 3.8) is 0 Å². The van der Waals surface area contributed by atoms with Gasteiger partial charge in [0.05, 0.1) is 0 Å². The number of rotatable bonds is 3. The van der Waals surface area contributed by atoms with Gasteiger partial charge in [0, 0.05) is 5.69 Å². The predicted molar refractivity (Wildman–Crippen MR) is 81.9 cm³/mol. The highest BCUT2D eigenvalue weighted by Gasteiger charge is 2.15. The van der Waals surface area contributed by atoms with Crippen molar-refractivity contribution in [3.8, 4) is 0 Å². The average molecular weight is 286 g/mol. The molecule has 21 heavy (non-hydrogen) atoms. The lowest BCUT2D eigenvalue weighted by Crippen LogP contribution is -2.27. The van der Waals surface area contributed by atoms with Crippen molar-refractivity contribution in [2.45, 2.75) is 13.0 Å². The number of aryl methyl sites for hydroxylation is 1. The molecule has 0 radical (unpaired) electrons. The zero-order valence-corrected chi connectivity index (χ0v) is 11.7. The van der Waals surface area contributed by atoms with Crippen LogP contribution in [0.3, 0.4) is 0 Å². The number of hydrogen-bond acceptors (Lipinski definition) is 3. The third-order valence-corrected chi connectivity index (χ3v) is 2.76. The van der Waals surface area contributed by atoms with Crippen LogP contribution in [0.4, 0.5) is 5.69 Å². The maximum Gasteiger partial charge on any atom is 0.290 e. The third-order valence-electron chi connectivity index (χ3n) is 2.76. The minimum atomic E-state index is -0.646. The molecule has 0 heterocycles. The van der Waals surface area contributed by atoms with E-state index in [1.165, 1.54) is 0 Å². The Bertz CT molecular complexity index is 568. The van der Waals surface area contributed by atoms with Crippen LogP contribution in [0.25, 0.3) is 0 Å². The maximum absolute atomic E-state index is 12.0. The second-order valence-electron chi connectivity index (χ2n) is 4.35. The van der Waals surface area contributed by atoms with Crippen LogP contribution in [0.15, 0.2) is 54.6 Å². The minimum absolute atomic E-state index is 0.204. The highest BCUT2D eigenvalue weighted by atomic mass is 16.3. The van der Waals surface area contributed by atoms with Gasteiger partial charge in [-0.2, -0.15) is 0 Å². The number of anilines is 1. The molecular weight excluding hydrogens is 268 g/mol. The van der Waals surface area contributed by atoms with E-state index in [-0.39, 0.29) is 12.4 Å². The summed E-state index contributed by atoms with van der Waals surface area (Å²) in [6, 6.07) is 16.3. The molecule has 110 valence electrons. The Morgan fingerprint density at radius 2 is 1.67 bits per heavy atom. The van der Waals surface area contributed by atoms with E-state index in [0.717, 1.165) is 16.8 Å². The first-order chi connectivity index (χ1) is 10.1. The summed E-state index contributed by atoms with van der Waals surface area (Å²) in [5.74, 6) is -0.204. The summed E-state index contributed by atoms with van der Waals surface area (Å²) in [7, 11) is 0. The van der Waals surface area contributed by atoms with Gasteiger partial charge in [-0.1, -0.05) is 48.0 Å². The Morgan fingerprint density at radius 1 is 1.14 bits per heavy atom. The summed E-state index contributed by atoms with van der Waals surface area (Å²) in [6.07, 6.45) is 0. The fraction of sp³-hybridized carbons (Fsp3) is 0.125. The van der Waals surface area contributed by atoms with Gasteiger partial charge in [0.15, 0.2) is 0 Å². The summed E-state index contributed by atoms with van der Waals surface area (Å²) in [5, 5.41) is 9.69. The fourth-order valence-electron chi connectivity index (χ4n) is 1.67. The Morgan fingerprint density at radius 3 is 2.19 bits per heavy atom. The monoisotopic (exact) mass is 286 g/mol.